The average molecular weight is 242 g/mol. The molecular formula is C13H26N2O2. The zero-order valence-electron chi connectivity index (χ0n) is 11.2. The molecule has 2 N–H and O–H groups in total. The highest BCUT2D eigenvalue weighted by Crippen LogP contribution is 2.22. The summed E-state index contributed by atoms with van der Waals surface area (Å²) in [6.07, 6.45) is 7.60. The van der Waals surface area contributed by atoms with Gasteiger partial charge in [-0.15, -0.1) is 0 Å². The number of methoxy groups -OCH3 is 1. The van der Waals surface area contributed by atoms with Gasteiger partial charge < -0.3 is 15.4 Å². The molecule has 0 aromatic heterocycles. The molecule has 0 heterocycles. The molecule has 1 amide bonds. The fourth-order valence-corrected chi connectivity index (χ4v) is 2.48. The highest BCUT2D eigenvalue weighted by Gasteiger charge is 2.25. The van der Waals surface area contributed by atoms with E-state index >= 15 is 0 Å². The number of hydrogen-bond acceptors (Lipinski definition) is 3. The van der Waals surface area contributed by atoms with E-state index in [4.69, 9.17) is 10.5 Å². The largest absolute Gasteiger partial charge is 0.385 e. The quantitative estimate of drug-likeness (QED) is 0.719. The third kappa shape index (κ3) is 4.64. The molecule has 0 aromatic rings. The second kappa shape index (κ2) is 7.67. The molecule has 1 aliphatic rings. The second-order valence-corrected chi connectivity index (χ2v) is 4.98. The van der Waals surface area contributed by atoms with Gasteiger partial charge in [-0.3, -0.25) is 4.79 Å². The van der Waals surface area contributed by atoms with Crippen LogP contribution in [-0.2, 0) is 9.53 Å². The lowest BCUT2D eigenvalue weighted by molar-refractivity contribution is -0.134. The molecule has 0 spiro atoms. The van der Waals surface area contributed by atoms with Gasteiger partial charge in [0, 0.05) is 26.8 Å². The summed E-state index contributed by atoms with van der Waals surface area (Å²) in [4.78, 5) is 14.0. The van der Waals surface area contributed by atoms with E-state index in [0.29, 0.717) is 19.1 Å². The molecule has 0 aromatic carbocycles. The summed E-state index contributed by atoms with van der Waals surface area (Å²) in [5, 5.41) is 0. The summed E-state index contributed by atoms with van der Waals surface area (Å²) in [7, 11) is 3.57. The number of carbonyl (C=O) groups excluding carboxylic acids is 1. The van der Waals surface area contributed by atoms with Crippen molar-refractivity contribution in [1.82, 2.24) is 4.90 Å². The van der Waals surface area contributed by atoms with Crippen LogP contribution in [0.15, 0.2) is 0 Å². The first kappa shape index (κ1) is 14.5. The summed E-state index contributed by atoms with van der Waals surface area (Å²) >= 11 is 0. The van der Waals surface area contributed by atoms with Gasteiger partial charge in [0.2, 0.25) is 5.91 Å². The maximum absolute atomic E-state index is 12.1. The number of likely N-dealkylation sites (N-methyl/N-ethyl adjacent to an activating group) is 1. The lowest BCUT2D eigenvalue weighted by Gasteiger charge is -2.32. The Morgan fingerprint density at radius 2 is 2.06 bits per heavy atom. The fraction of sp³-hybridized carbons (Fsp3) is 0.923. The summed E-state index contributed by atoms with van der Waals surface area (Å²) < 4.78 is 4.97. The van der Waals surface area contributed by atoms with Crippen molar-refractivity contribution in [3.05, 3.63) is 0 Å². The lowest BCUT2D eigenvalue weighted by atomic mass is 9.94. The van der Waals surface area contributed by atoms with Gasteiger partial charge in [-0.25, -0.2) is 0 Å². The van der Waals surface area contributed by atoms with E-state index in [1.54, 1.807) is 7.11 Å². The van der Waals surface area contributed by atoms with Crippen LogP contribution in [0.5, 0.6) is 0 Å². The van der Waals surface area contributed by atoms with Crippen molar-refractivity contribution >= 4 is 5.91 Å². The van der Waals surface area contributed by atoms with Gasteiger partial charge in [0.1, 0.15) is 0 Å². The third-order valence-corrected chi connectivity index (χ3v) is 3.65. The number of hydrogen-bond donors (Lipinski definition) is 1. The number of rotatable bonds is 6. The highest BCUT2D eigenvalue weighted by atomic mass is 16.5. The molecule has 0 bridgehead atoms. The Balaban J connectivity index is 2.33. The van der Waals surface area contributed by atoms with Crippen LogP contribution in [-0.4, -0.2) is 43.7 Å². The van der Waals surface area contributed by atoms with E-state index in [-0.39, 0.29) is 11.9 Å². The molecule has 4 nitrogen and oxygen atoms in total. The van der Waals surface area contributed by atoms with Gasteiger partial charge in [-0.1, -0.05) is 19.3 Å². The first-order valence-electron chi connectivity index (χ1n) is 6.68. The molecule has 17 heavy (non-hydrogen) atoms. The molecule has 4 heteroatoms. The third-order valence-electron chi connectivity index (χ3n) is 3.65. The smallest absolute Gasteiger partial charge is 0.239 e. The predicted molar refractivity (Wildman–Crippen MR) is 68.7 cm³/mol. The zero-order chi connectivity index (χ0) is 12.7. The van der Waals surface area contributed by atoms with Gasteiger partial charge in [0.05, 0.1) is 6.04 Å². The van der Waals surface area contributed by atoms with Crippen LogP contribution in [0.25, 0.3) is 0 Å². The highest BCUT2D eigenvalue weighted by molar-refractivity contribution is 5.81. The molecule has 0 radical (unpaired) electrons. The van der Waals surface area contributed by atoms with E-state index in [1.807, 2.05) is 11.9 Å². The molecule has 1 atom stereocenters. The SMILES string of the molecule is COCCCC(N)C(=O)N(C)C1CCCCC1. The normalized spacial score (nSPS) is 19.0. The van der Waals surface area contributed by atoms with Crippen LogP contribution in [0.2, 0.25) is 0 Å². The molecule has 1 fully saturated rings. The van der Waals surface area contributed by atoms with Crippen LogP contribution in [0.1, 0.15) is 44.9 Å². The minimum Gasteiger partial charge on any atom is -0.385 e. The van der Waals surface area contributed by atoms with Crippen molar-refractivity contribution in [2.45, 2.75) is 57.0 Å². The number of carbonyl (C=O) groups is 1. The molecule has 1 rings (SSSR count). The number of nitrogens with two attached hydrogens (primary N) is 1. The van der Waals surface area contributed by atoms with Gasteiger partial charge in [-0.2, -0.15) is 0 Å². The molecule has 1 unspecified atom stereocenters. The Morgan fingerprint density at radius 3 is 2.65 bits per heavy atom. The second-order valence-electron chi connectivity index (χ2n) is 4.98. The summed E-state index contributed by atoms with van der Waals surface area (Å²) in [5.74, 6) is 0.0907. The van der Waals surface area contributed by atoms with Crippen LogP contribution in [0, 0.1) is 0 Å². The first-order valence-corrected chi connectivity index (χ1v) is 6.68. The van der Waals surface area contributed by atoms with E-state index in [2.05, 4.69) is 0 Å². The van der Waals surface area contributed by atoms with Crippen LogP contribution >= 0.6 is 0 Å². The Labute approximate surface area is 104 Å². The van der Waals surface area contributed by atoms with Gasteiger partial charge >= 0.3 is 0 Å². The Kier molecular flexibility index (Phi) is 6.52. The summed E-state index contributed by atoms with van der Waals surface area (Å²) in [6.45, 7) is 0.675. The maximum Gasteiger partial charge on any atom is 0.239 e. The number of ether oxygens (including phenoxy) is 1. The molecule has 0 aliphatic heterocycles. The van der Waals surface area contributed by atoms with Gasteiger partial charge in [0.15, 0.2) is 0 Å². The standard InChI is InChI=1S/C13H26N2O2/c1-15(11-7-4-3-5-8-11)13(16)12(14)9-6-10-17-2/h11-12H,3-10,14H2,1-2H3. The van der Waals surface area contributed by atoms with Crippen molar-refractivity contribution in [1.29, 1.82) is 0 Å². The van der Waals surface area contributed by atoms with Crippen molar-refractivity contribution in [2.24, 2.45) is 5.73 Å². The van der Waals surface area contributed by atoms with Crippen molar-refractivity contribution in [3.8, 4) is 0 Å². The van der Waals surface area contributed by atoms with Crippen molar-refractivity contribution < 1.29 is 9.53 Å². The molecule has 1 saturated carbocycles. The lowest BCUT2D eigenvalue weighted by Crippen LogP contribution is -2.47. The van der Waals surface area contributed by atoms with E-state index < -0.39 is 0 Å². The van der Waals surface area contributed by atoms with Crippen molar-refractivity contribution in [3.63, 3.8) is 0 Å². The Hall–Kier alpha value is -0.610. The maximum atomic E-state index is 12.1. The molecule has 100 valence electrons. The van der Waals surface area contributed by atoms with Crippen LogP contribution in [0.3, 0.4) is 0 Å². The fourth-order valence-electron chi connectivity index (χ4n) is 2.48. The van der Waals surface area contributed by atoms with Crippen molar-refractivity contribution in [2.75, 3.05) is 20.8 Å². The molecular weight excluding hydrogens is 216 g/mol. The average Bonchev–Trinajstić information content (AvgIpc) is 2.38. The Morgan fingerprint density at radius 1 is 1.41 bits per heavy atom. The van der Waals surface area contributed by atoms with Crippen LogP contribution in [0.4, 0.5) is 0 Å². The van der Waals surface area contributed by atoms with Crippen LogP contribution < -0.4 is 5.73 Å². The number of amides is 1. The summed E-state index contributed by atoms with van der Waals surface area (Å²) in [6, 6.07) is 0.0433. The predicted octanol–water partition coefficient (Wildman–Crippen LogP) is 1.53. The topological polar surface area (TPSA) is 55.6 Å². The Bertz CT molecular complexity index is 227. The minimum absolute atomic E-state index is 0.0907. The summed E-state index contributed by atoms with van der Waals surface area (Å²) in [5.41, 5.74) is 5.92. The molecule has 0 saturated heterocycles. The van der Waals surface area contributed by atoms with Gasteiger partial charge in [0.25, 0.3) is 0 Å². The first-order chi connectivity index (χ1) is 8.16. The monoisotopic (exact) mass is 242 g/mol. The number of nitrogens with zero attached hydrogens (tertiary/aromatic N) is 1. The molecule has 1 aliphatic carbocycles. The zero-order valence-corrected chi connectivity index (χ0v) is 11.2. The van der Waals surface area contributed by atoms with E-state index in [0.717, 1.165) is 19.3 Å². The van der Waals surface area contributed by atoms with E-state index in [9.17, 15) is 4.79 Å². The van der Waals surface area contributed by atoms with Gasteiger partial charge in [-0.05, 0) is 25.7 Å². The minimum atomic E-state index is -0.364. The van der Waals surface area contributed by atoms with E-state index in [1.165, 1.54) is 19.3 Å².